The lowest BCUT2D eigenvalue weighted by atomic mass is 10.3. The van der Waals surface area contributed by atoms with Gasteiger partial charge < -0.3 is 5.32 Å². The Bertz CT molecular complexity index is 1330. The Kier molecular flexibility index (Phi) is 9.03. The van der Waals surface area contributed by atoms with Crippen molar-refractivity contribution in [3.63, 3.8) is 0 Å². The second-order valence-electron chi connectivity index (χ2n) is 6.64. The summed E-state index contributed by atoms with van der Waals surface area (Å²) in [5.74, 6) is 0.947. The average Bonchev–Trinajstić information content (AvgIpc) is 3.60. The molecule has 0 aliphatic rings. The molecule has 1 aromatic carbocycles. The number of nitrogens with zero attached hydrogens (tertiary/aromatic N) is 5. The zero-order valence-corrected chi connectivity index (χ0v) is 22.8. The van der Waals surface area contributed by atoms with Gasteiger partial charge in [-0.05, 0) is 35.4 Å². The lowest BCUT2D eigenvalue weighted by Crippen LogP contribution is -2.24. The van der Waals surface area contributed by atoms with E-state index in [1.165, 1.54) is 34.4 Å². The van der Waals surface area contributed by atoms with Gasteiger partial charge in [0.15, 0.2) is 15.3 Å². The summed E-state index contributed by atoms with van der Waals surface area (Å²) in [6, 6.07) is 8.65. The van der Waals surface area contributed by atoms with Crippen LogP contribution in [0, 0.1) is 0 Å². The summed E-state index contributed by atoms with van der Waals surface area (Å²) in [6.45, 7) is 2.15. The molecule has 9 nitrogen and oxygen atoms in total. The Morgan fingerprint density at radius 2 is 1.94 bits per heavy atom. The number of nitrogens with one attached hydrogen (secondary N) is 2. The second kappa shape index (κ2) is 12.2. The predicted molar refractivity (Wildman–Crippen MR) is 143 cm³/mol. The Morgan fingerprint density at radius 1 is 1.09 bits per heavy atom. The van der Waals surface area contributed by atoms with Crippen LogP contribution < -0.4 is 10.6 Å². The number of aromatic nitrogens is 5. The van der Waals surface area contributed by atoms with Crippen LogP contribution in [0.4, 0.5) is 5.13 Å². The molecule has 0 radical (unpaired) electrons. The molecule has 4 aromatic rings. The molecule has 0 saturated carbocycles. The van der Waals surface area contributed by atoms with Crippen molar-refractivity contribution in [2.75, 3.05) is 16.8 Å². The molecule has 2 N–H and O–H groups in total. The highest BCUT2D eigenvalue weighted by Crippen LogP contribution is 2.29. The molecule has 0 fully saturated rings. The number of thioether (sulfide) groups is 2. The SMILES string of the molecule is CCSc1nnc(NC(=O)CSc2nnc(CNC(=O)c3cccs3)n2-c2ccc(Cl)c(Cl)c2)s1. The molecule has 3 heterocycles. The van der Waals surface area contributed by atoms with E-state index in [0.29, 0.717) is 36.7 Å². The van der Waals surface area contributed by atoms with E-state index >= 15 is 0 Å². The first-order valence-electron chi connectivity index (χ1n) is 10.0. The fraction of sp³-hybridized carbons (Fsp3) is 0.200. The van der Waals surface area contributed by atoms with Crippen LogP contribution in [0.1, 0.15) is 22.4 Å². The van der Waals surface area contributed by atoms with Crippen LogP contribution in [0.5, 0.6) is 0 Å². The van der Waals surface area contributed by atoms with Gasteiger partial charge in [-0.15, -0.1) is 31.7 Å². The van der Waals surface area contributed by atoms with Crippen molar-refractivity contribution in [1.82, 2.24) is 30.3 Å². The molecule has 2 amide bonds. The van der Waals surface area contributed by atoms with Crippen molar-refractivity contribution in [2.24, 2.45) is 0 Å². The molecule has 0 saturated heterocycles. The van der Waals surface area contributed by atoms with E-state index in [1.807, 2.05) is 18.4 Å². The quantitative estimate of drug-likeness (QED) is 0.191. The Morgan fingerprint density at radius 3 is 2.69 bits per heavy atom. The van der Waals surface area contributed by atoms with Crippen LogP contribution in [-0.2, 0) is 11.3 Å². The summed E-state index contributed by atoms with van der Waals surface area (Å²) in [4.78, 5) is 25.5. The fourth-order valence-electron chi connectivity index (χ4n) is 2.77. The topological polar surface area (TPSA) is 115 Å². The van der Waals surface area contributed by atoms with Gasteiger partial charge >= 0.3 is 0 Å². The van der Waals surface area contributed by atoms with Crippen LogP contribution in [0.2, 0.25) is 10.0 Å². The molecule has 0 aliphatic carbocycles. The number of thiophene rings is 1. The maximum absolute atomic E-state index is 12.5. The van der Waals surface area contributed by atoms with Gasteiger partial charge in [0.25, 0.3) is 5.91 Å². The van der Waals surface area contributed by atoms with E-state index in [1.54, 1.807) is 40.6 Å². The molecule has 3 aromatic heterocycles. The summed E-state index contributed by atoms with van der Waals surface area (Å²) in [5.41, 5.74) is 0.651. The first-order valence-corrected chi connectivity index (χ1v) is 14.5. The van der Waals surface area contributed by atoms with Crippen molar-refractivity contribution in [1.29, 1.82) is 0 Å². The van der Waals surface area contributed by atoms with E-state index < -0.39 is 0 Å². The zero-order chi connectivity index (χ0) is 24.8. The predicted octanol–water partition coefficient (Wildman–Crippen LogP) is 5.26. The van der Waals surface area contributed by atoms with E-state index in [4.69, 9.17) is 23.2 Å². The van der Waals surface area contributed by atoms with Crippen molar-refractivity contribution < 1.29 is 9.59 Å². The van der Waals surface area contributed by atoms with Gasteiger partial charge in [-0.3, -0.25) is 19.5 Å². The maximum Gasteiger partial charge on any atom is 0.261 e. The minimum absolute atomic E-state index is 0.0663. The number of hydrogen-bond donors (Lipinski definition) is 2. The van der Waals surface area contributed by atoms with E-state index in [-0.39, 0.29) is 24.1 Å². The zero-order valence-electron chi connectivity index (χ0n) is 18.0. The summed E-state index contributed by atoms with van der Waals surface area (Å²) < 4.78 is 2.53. The molecule has 15 heteroatoms. The Hall–Kier alpha value is -2.16. The van der Waals surface area contributed by atoms with E-state index in [2.05, 4.69) is 31.0 Å². The summed E-state index contributed by atoms with van der Waals surface area (Å²) in [7, 11) is 0. The standard InChI is InChI=1S/C20H17Cl2N7O2S4/c1-2-32-20-28-26-18(35-20)24-16(30)10-34-19-27-25-15(9-23-17(31)14-4-3-7-33-14)29(19)11-5-6-12(21)13(22)8-11/h3-8H,2,9-10H2,1H3,(H,23,31)(H,24,26,30). The first-order chi connectivity index (χ1) is 16.9. The summed E-state index contributed by atoms with van der Waals surface area (Å²) >= 11 is 17.7. The normalized spacial score (nSPS) is 10.9. The third kappa shape index (κ3) is 6.74. The van der Waals surface area contributed by atoms with Crippen molar-refractivity contribution in [3.05, 3.63) is 56.5 Å². The fourth-order valence-corrected chi connectivity index (χ4v) is 6.14. The van der Waals surface area contributed by atoms with Crippen LogP contribution in [0.25, 0.3) is 5.69 Å². The minimum atomic E-state index is -0.254. The van der Waals surface area contributed by atoms with Gasteiger partial charge in [-0.25, -0.2) is 0 Å². The van der Waals surface area contributed by atoms with Crippen molar-refractivity contribution in [2.45, 2.75) is 23.0 Å². The van der Waals surface area contributed by atoms with Gasteiger partial charge in [0.05, 0.1) is 32.9 Å². The third-order valence-corrected chi connectivity index (χ3v) is 8.66. The average molecular weight is 587 g/mol. The van der Waals surface area contributed by atoms with Gasteiger partial charge in [-0.2, -0.15) is 0 Å². The lowest BCUT2D eigenvalue weighted by Gasteiger charge is -2.11. The molecular formula is C20H17Cl2N7O2S4. The number of benzene rings is 1. The number of hydrogen-bond acceptors (Lipinski definition) is 10. The van der Waals surface area contributed by atoms with Crippen molar-refractivity contribution in [3.8, 4) is 5.69 Å². The summed E-state index contributed by atoms with van der Waals surface area (Å²) in [5, 5.41) is 25.6. The summed E-state index contributed by atoms with van der Waals surface area (Å²) in [6.07, 6.45) is 0. The third-order valence-electron chi connectivity index (χ3n) is 4.27. The number of halogens is 2. The molecule has 0 aliphatic heterocycles. The van der Waals surface area contributed by atoms with E-state index in [0.717, 1.165) is 10.1 Å². The molecule has 0 spiro atoms. The first kappa shape index (κ1) is 25.9. The van der Waals surface area contributed by atoms with Crippen LogP contribution >= 0.6 is 69.4 Å². The van der Waals surface area contributed by atoms with Gasteiger partial charge in [0, 0.05) is 0 Å². The molecule has 182 valence electrons. The highest BCUT2D eigenvalue weighted by molar-refractivity contribution is 8.01. The molecule has 35 heavy (non-hydrogen) atoms. The number of carbonyl (C=O) groups excluding carboxylic acids is 2. The minimum Gasteiger partial charge on any atom is -0.344 e. The number of rotatable bonds is 10. The molecule has 4 rings (SSSR count). The highest BCUT2D eigenvalue weighted by Gasteiger charge is 2.18. The second-order valence-corrected chi connectivity index (χ2v) is 11.8. The van der Waals surface area contributed by atoms with Crippen LogP contribution in [0.3, 0.4) is 0 Å². The smallest absolute Gasteiger partial charge is 0.261 e. The van der Waals surface area contributed by atoms with Crippen LogP contribution in [-0.4, -0.2) is 48.3 Å². The van der Waals surface area contributed by atoms with Gasteiger partial charge in [0.1, 0.15) is 0 Å². The Labute approximate surface area is 227 Å². The number of anilines is 1. The van der Waals surface area contributed by atoms with Crippen LogP contribution in [0.15, 0.2) is 45.2 Å². The van der Waals surface area contributed by atoms with Crippen molar-refractivity contribution >= 4 is 86.3 Å². The van der Waals surface area contributed by atoms with Gasteiger partial charge in [-0.1, -0.05) is 71.1 Å². The van der Waals surface area contributed by atoms with Gasteiger partial charge in [0.2, 0.25) is 11.0 Å². The molecule has 0 bridgehead atoms. The Balaban J connectivity index is 1.49. The highest BCUT2D eigenvalue weighted by atomic mass is 35.5. The monoisotopic (exact) mass is 585 g/mol. The van der Waals surface area contributed by atoms with E-state index in [9.17, 15) is 9.59 Å². The molecule has 0 atom stereocenters. The number of amides is 2. The number of carbonyl (C=O) groups is 2. The largest absolute Gasteiger partial charge is 0.344 e. The lowest BCUT2D eigenvalue weighted by molar-refractivity contribution is -0.113. The molecule has 0 unspecified atom stereocenters. The molecular weight excluding hydrogens is 569 g/mol. The maximum atomic E-state index is 12.5.